The van der Waals surface area contributed by atoms with Crippen molar-refractivity contribution in [2.75, 3.05) is 19.7 Å². The summed E-state index contributed by atoms with van der Waals surface area (Å²) >= 11 is 0. The molecule has 0 aliphatic heterocycles. The van der Waals surface area contributed by atoms with E-state index in [-0.39, 0.29) is 12.5 Å². The number of carbonyl (C=O) groups excluding carboxylic acids is 1. The van der Waals surface area contributed by atoms with Gasteiger partial charge in [0.15, 0.2) is 0 Å². The SMILES string of the molecule is CC(C)CNC(=O)CNC1CCCC1CO. The number of aliphatic hydroxyl groups is 1. The maximum absolute atomic E-state index is 11.5. The third-order valence-electron chi connectivity index (χ3n) is 3.13. The van der Waals surface area contributed by atoms with Crippen LogP contribution >= 0.6 is 0 Å². The van der Waals surface area contributed by atoms with Crippen molar-refractivity contribution in [2.45, 2.75) is 39.2 Å². The highest BCUT2D eigenvalue weighted by molar-refractivity contribution is 5.78. The van der Waals surface area contributed by atoms with Gasteiger partial charge in [0.25, 0.3) is 0 Å². The largest absolute Gasteiger partial charge is 0.396 e. The van der Waals surface area contributed by atoms with Crippen molar-refractivity contribution in [2.24, 2.45) is 11.8 Å². The second-order valence-electron chi connectivity index (χ2n) is 5.06. The van der Waals surface area contributed by atoms with Gasteiger partial charge in [-0.1, -0.05) is 20.3 Å². The second kappa shape index (κ2) is 6.86. The zero-order valence-electron chi connectivity index (χ0n) is 10.3. The molecule has 0 aromatic rings. The predicted molar refractivity (Wildman–Crippen MR) is 64.1 cm³/mol. The van der Waals surface area contributed by atoms with Crippen LogP contribution < -0.4 is 10.6 Å². The van der Waals surface area contributed by atoms with E-state index < -0.39 is 0 Å². The molecule has 0 bridgehead atoms. The summed E-state index contributed by atoms with van der Waals surface area (Å²) in [6, 6.07) is 0.315. The fourth-order valence-electron chi connectivity index (χ4n) is 2.13. The van der Waals surface area contributed by atoms with Gasteiger partial charge in [-0.15, -0.1) is 0 Å². The van der Waals surface area contributed by atoms with Crippen molar-refractivity contribution in [1.29, 1.82) is 0 Å². The number of rotatable bonds is 6. The summed E-state index contributed by atoms with van der Waals surface area (Å²) in [6.45, 7) is 5.48. The molecule has 4 nitrogen and oxygen atoms in total. The highest BCUT2D eigenvalue weighted by atomic mass is 16.3. The molecule has 0 aromatic heterocycles. The first-order valence-electron chi connectivity index (χ1n) is 6.24. The van der Waals surface area contributed by atoms with E-state index in [4.69, 9.17) is 5.11 Å². The van der Waals surface area contributed by atoms with E-state index in [0.717, 1.165) is 25.8 Å². The first kappa shape index (κ1) is 13.5. The zero-order valence-corrected chi connectivity index (χ0v) is 10.3. The molecule has 94 valence electrons. The summed E-state index contributed by atoms with van der Waals surface area (Å²) in [5.74, 6) is 0.871. The van der Waals surface area contributed by atoms with Crippen LogP contribution in [0.3, 0.4) is 0 Å². The normalized spacial score (nSPS) is 25.0. The zero-order chi connectivity index (χ0) is 12.0. The molecule has 1 fully saturated rings. The van der Waals surface area contributed by atoms with Crippen LogP contribution in [0.1, 0.15) is 33.1 Å². The van der Waals surface area contributed by atoms with Gasteiger partial charge < -0.3 is 15.7 Å². The number of hydrogen-bond donors (Lipinski definition) is 3. The van der Waals surface area contributed by atoms with Crippen molar-refractivity contribution in [3.8, 4) is 0 Å². The van der Waals surface area contributed by atoms with Crippen molar-refractivity contribution in [1.82, 2.24) is 10.6 Å². The van der Waals surface area contributed by atoms with E-state index >= 15 is 0 Å². The first-order valence-corrected chi connectivity index (χ1v) is 6.24. The fraction of sp³-hybridized carbons (Fsp3) is 0.917. The van der Waals surface area contributed by atoms with Crippen molar-refractivity contribution < 1.29 is 9.90 Å². The van der Waals surface area contributed by atoms with Crippen LogP contribution in [0.5, 0.6) is 0 Å². The fourth-order valence-corrected chi connectivity index (χ4v) is 2.13. The van der Waals surface area contributed by atoms with Gasteiger partial charge in [-0.25, -0.2) is 0 Å². The summed E-state index contributed by atoms with van der Waals surface area (Å²) in [6.07, 6.45) is 3.29. The van der Waals surface area contributed by atoms with Crippen LogP contribution in [-0.2, 0) is 4.79 Å². The highest BCUT2D eigenvalue weighted by Crippen LogP contribution is 2.24. The average Bonchev–Trinajstić information content (AvgIpc) is 2.70. The Hall–Kier alpha value is -0.610. The Morgan fingerprint density at radius 2 is 2.19 bits per heavy atom. The molecule has 2 unspecified atom stereocenters. The summed E-state index contributed by atoms with van der Waals surface area (Å²) in [5.41, 5.74) is 0. The van der Waals surface area contributed by atoms with Crippen LogP contribution in [0.4, 0.5) is 0 Å². The third-order valence-corrected chi connectivity index (χ3v) is 3.13. The number of aliphatic hydroxyl groups excluding tert-OH is 1. The first-order chi connectivity index (χ1) is 7.63. The van der Waals surface area contributed by atoms with Crippen molar-refractivity contribution >= 4 is 5.91 Å². The molecule has 0 spiro atoms. The lowest BCUT2D eigenvalue weighted by Crippen LogP contribution is -2.42. The second-order valence-corrected chi connectivity index (χ2v) is 5.06. The monoisotopic (exact) mass is 228 g/mol. The smallest absolute Gasteiger partial charge is 0.233 e. The lowest BCUT2D eigenvalue weighted by atomic mass is 10.1. The number of carbonyl (C=O) groups is 1. The molecule has 0 heterocycles. The van der Waals surface area contributed by atoms with Crippen LogP contribution in [0.15, 0.2) is 0 Å². The summed E-state index contributed by atoms with van der Waals surface area (Å²) < 4.78 is 0. The Bertz CT molecular complexity index is 219. The van der Waals surface area contributed by atoms with Crippen LogP contribution in [0.2, 0.25) is 0 Å². The molecule has 3 N–H and O–H groups in total. The van der Waals surface area contributed by atoms with E-state index in [1.165, 1.54) is 0 Å². The minimum absolute atomic E-state index is 0.0530. The summed E-state index contributed by atoms with van der Waals surface area (Å²) in [4.78, 5) is 11.5. The molecule has 1 saturated carbocycles. The molecular formula is C12H24N2O2. The molecular weight excluding hydrogens is 204 g/mol. The minimum atomic E-state index is 0.0530. The molecule has 1 aliphatic rings. The average molecular weight is 228 g/mol. The Morgan fingerprint density at radius 3 is 2.81 bits per heavy atom. The molecule has 1 amide bonds. The Labute approximate surface area is 97.8 Å². The number of hydrogen-bond acceptors (Lipinski definition) is 3. The van der Waals surface area contributed by atoms with Crippen LogP contribution in [0, 0.1) is 11.8 Å². The maximum atomic E-state index is 11.5. The minimum Gasteiger partial charge on any atom is -0.396 e. The number of amides is 1. The quantitative estimate of drug-likeness (QED) is 0.621. The van der Waals surface area contributed by atoms with E-state index in [1.54, 1.807) is 0 Å². The Balaban J connectivity index is 2.16. The van der Waals surface area contributed by atoms with Crippen LogP contribution in [0.25, 0.3) is 0 Å². The summed E-state index contributed by atoms with van der Waals surface area (Å²) in [5, 5.41) is 15.2. The van der Waals surface area contributed by atoms with Gasteiger partial charge in [0.1, 0.15) is 0 Å². The molecule has 1 aliphatic carbocycles. The standard InChI is InChI=1S/C12H24N2O2/c1-9(2)6-14-12(16)7-13-11-5-3-4-10(11)8-15/h9-11,13,15H,3-8H2,1-2H3,(H,14,16). The van der Waals surface area contributed by atoms with Gasteiger partial charge >= 0.3 is 0 Å². The molecule has 0 aromatic carbocycles. The third kappa shape index (κ3) is 4.49. The molecule has 4 heteroatoms. The number of nitrogens with one attached hydrogen (secondary N) is 2. The van der Waals surface area contributed by atoms with Crippen molar-refractivity contribution in [3.05, 3.63) is 0 Å². The van der Waals surface area contributed by atoms with Crippen LogP contribution in [-0.4, -0.2) is 36.8 Å². The maximum Gasteiger partial charge on any atom is 0.233 e. The van der Waals surface area contributed by atoms with Gasteiger partial charge in [0, 0.05) is 19.2 Å². The van der Waals surface area contributed by atoms with Crippen molar-refractivity contribution in [3.63, 3.8) is 0 Å². The van der Waals surface area contributed by atoms with E-state index in [1.807, 2.05) is 0 Å². The summed E-state index contributed by atoms with van der Waals surface area (Å²) in [7, 11) is 0. The van der Waals surface area contributed by atoms with E-state index in [0.29, 0.717) is 24.4 Å². The van der Waals surface area contributed by atoms with Gasteiger partial charge in [0.05, 0.1) is 6.54 Å². The lowest BCUT2D eigenvalue weighted by molar-refractivity contribution is -0.120. The van der Waals surface area contributed by atoms with Gasteiger partial charge in [0.2, 0.25) is 5.91 Å². The lowest BCUT2D eigenvalue weighted by Gasteiger charge is -2.18. The van der Waals surface area contributed by atoms with E-state index in [9.17, 15) is 4.79 Å². The van der Waals surface area contributed by atoms with E-state index in [2.05, 4.69) is 24.5 Å². The van der Waals surface area contributed by atoms with Gasteiger partial charge in [-0.05, 0) is 24.7 Å². The van der Waals surface area contributed by atoms with Gasteiger partial charge in [-0.3, -0.25) is 4.79 Å². The van der Waals surface area contributed by atoms with Gasteiger partial charge in [-0.2, -0.15) is 0 Å². The molecule has 0 radical (unpaired) electrons. The molecule has 0 saturated heterocycles. The molecule has 16 heavy (non-hydrogen) atoms. The Morgan fingerprint density at radius 1 is 1.44 bits per heavy atom. The molecule has 1 rings (SSSR count). The Kier molecular flexibility index (Phi) is 5.77. The highest BCUT2D eigenvalue weighted by Gasteiger charge is 2.26. The predicted octanol–water partition coefficient (Wildman–Crippen LogP) is 0.509. The topological polar surface area (TPSA) is 61.4 Å². The molecule has 2 atom stereocenters.